The highest BCUT2D eigenvalue weighted by Crippen LogP contribution is 2.24. The number of ketones is 1. The third kappa shape index (κ3) is 8.37. The standard InChI is InChI=1S/C15H26F2O/c1-4-5-6-7-8-9-10-11-13(18)15(2,3)12-14(16)17/h12H,4-11H2,1-3H3. The summed E-state index contributed by atoms with van der Waals surface area (Å²) >= 11 is 0. The van der Waals surface area contributed by atoms with Crippen molar-refractivity contribution in [1.29, 1.82) is 0 Å². The third-order valence-electron chi connectivity index (χ3n) is 3.20. The largest absolute Gasteiger partial charge is 0.299 e. The Hall–Kier alpha value is -0.730. The van der Waals surface area contributed by atoms with E-state index < -0.39 is 11.5 Å². The van der Waals surface area contributed by atoms with E-state index in [-0.39, 0.29) is 5.78 Å². The second kappa shape index (κ2) is 9.23. The molecule has 0 heterocycles. The Labute approximate surface area is 110 Å². The van der Waals surface area contributed by atoms with Crippen LogP contribution < -0.4 is 0 Å². The molecule has 0 N–H and O–H groups in total. The van der Waals surface area contributed by atoms with Gasteiger partial charge in [-0.2, -0.15) is 8.78 Å². The number of hydrogen-bond donors (Lipinski definition) is 0. The van der Waals surface area contributed by atoms with Crippen LogP contribution in [0.1, 0.15) is 72.1 Å². The molecule has 0 saturated carbocycles. The molecule has 0 atom stereocenters. The second-order valence-corrected chi connectivity index (χ2v) is 5.45. The van der Waals surface area contributed by atoms with Crippen LogP contribution in [0.25, 0.3) is 0 Å². The van der Waals surface area contributed by atoms with Crippen molar-refractivity contribution >= 4 is 5.78 Å². The number of carbonyl (C=O) groups is 1. The van der Waals surface area contributed by atoms with Crippen molar-refractivity contribution in [1.82, 2.24) is 0 Å². The lowest BCUT2D eigenvalue weighted by molar-refractivity contribution is -0.125. The molecule has 1 nitrogen and oxygen atoms in total. The van der Waals surface area contributed by atoms with Gasteiger partial charge in [0, 0.05) is 11.8 Å². The summed E-state index contributed by atoms with van der Waals surface area (Å²) in [5.41, 5.74) is -1.03. The van der Waals surface area contributed by atoms with Crippen LogP contribution in [0.15, 0.2) is 12.2 Å². The summed E-state index contributed by atoms with van der Waals surface area (Å²) in [5, 5.41) is 0. The van der Waals surface area contributed by atoms with Crippen molar-refractivity contribution < 1.29 is 13.6 Å². The molecule has 0 saturated heterocycles. The minimum atomic E-state index is -1.77. The first kappa shape index (κ1) is 17.3. The van der Waals surface area contributed by atoms with Gasteiger partial charge in [0.15, 0.2) is 0 Å². The number of rotatable bonds is 10. The first-order chi connectivity index (χ1) is 8.40. The van der Waals surface area contributed by atoms with E-state index in [1.54, 1.807) is 13.8 Å². The average molecular weight is 260 g/mol. The van der Waals surface area contributed by atoms with Crippen LogP contribution in [0.5, 0.6) is 0 Å². The predicted octanol–water partition coefficient (Wildman–Crippen LogP) is 5.50. The zero-order chi connectivity index (χ0) is 14.0. The lowest BCUT2D eigenvalue weighted by Crippen LogP contribution is -2.21. The SMILES string of the molecule is CCCCCCCCCC(=O)C(C)(C)C=C(F)F. The van der Waals surface area contributed by atoms with E-state index in [0.29, 0.717) is 6.42 Å². The van der Waals surface area contributed by atoms with Crippen molar-refractivity contribution in [2.75, 3.05) is 0 Å². The zero-order valence-corrected chi connectivity index (χ0v) is 11.9. The quantitative estimate of drug-likeness (QED) is 0.474. The van der Waals surface area contributed by atoms with Crippen LogP contribution in [-0.2, 0) is 4.79 Å². The Kier molecular flexibility index (Phi) is 8.86. The van der Waals surface area contributed by atoms with E-state index in [9.17, 15) is 13.6 Å². The molecule has 0 aromatic carbocycles. The van der Waals surface area contributed by atoms with E-state index in [1.165, 1.54) is 25.7 Å². The van der Waals surface area contributed by atoms with Crippen molar-refractivity contribution in [3.05, 3.63) is 12.2 Å². The van der Waals surface area contributed by atoms with Gasteiger partial charge in [-0.3, -0.25) is 4.79 Å². The van der Waals surface area contributed by atoms with Crippen molar-refractivity contribution in [3.63, 3.8) is 0 Å². The minimum Gasteiger partial charge on any atom is -0.299 e. The molecule has 0 amide bonds. The highest BCUT2D eigenvalue weighted by molar-refractivity contribution is 5.85. The van der Waals surface area contributed by atoms with Gasteiger partial charge < -0.3 is 0 Å². The third-order valence-corrected chi connectivity index (χ3v) is 3.20. The maximum atomic E-state index is 12.2. The predicted molar refractivity (Wildman–Crippen MR) is 71.7 cm³/mol. The molecule has 0 aromatic heterocycles. The summed E-state index contributed by atoms with van der Waals surface area (Å²) in [4.78, 5) is 11.8. The van der Waals surface area contributed by atoms with Crippen LogP contribution >= 0.6 is 0 Å². The topological polar surface area (TPSA) is 17.1 Å². The Morgan fingerprint density at radius 1 is 1.00 bits per heavy atom. The van der Waals surface area contributed by atoms with Gasteiger partial charge in [-0.25, -0.2) is 0 Å². The molecular formula is C15H26F2O. The molecule has 0 bridgehead atoms. The zero-order valence-electron chi connectivity index (χ0n) is 11.9. The van der Waals surface area contributed by atoms with Crippen LogP contribution in [0.3, 0.4) is 0 Å². The van der Waals surface area contributed by atoms with Crippen LogP contribution in [0, 0.1) is 5.41 Å². The molecule has 18 heavy (non-hydrogen) atoms. The van der Waals surface area contributed by atoms with Crippen molar-refractivity contribution in [2.24, 2.45) is 5.41 Å². The number of allylic oxidation sites excluding steroid dienone is 1. The van der Waals surface area contributed by atoms with E-state index >= 15 is 0 Å². The molecule has 0 unspecified atom stereocenters. The molecule has 0 aliphatic carbocycles. The summed E-state index contributed by atoms with van der Waals surface area (Å²) < 4.78 is 24.3. The number of Topliss-reactive ketones (excluding diaryl/α,β-unsaturated/α-hetero) is 1. The van der Waals surface area contributed by atoms with Crippen LogP contribution in [0.2, 0.25) is 0 Å². The maximum Gasteiger partial charge on any atom is 0.267 e. The first-order valence-electron chi connectivity index (χ1n) is 6.97. The van der Waals surface area contributed by atoms with E-state index in [0.717, 1.165) is 25.3 Å². The fourth-order valence-electron chi connectivity index (χ4n) is 1.92. The molecular weight excluding hydrogens is 234 g/mol. The molecule has 0 spiro atoms. The van der Waals surface area contributed by atoms with Gasteiger partial charge >= 0.3 is 0 Å². The number of carbonyl (C=O) groups excluding carboxylic acids is 1. The van der Waals surface area contributed by atoms with E-state index in [1.807, 2.05) is 0 Å². The summed E-state index contributed by atoms with van der Waals surface area (Å²) in [6, 6.07) is 0. The Morgan fingerprint density at radius 3 is 2.00 bits per heavy atom. The normalized spacial score (nSPS) is 11.4. The monoisotopic (exact) mass is 260 g/mol. The summed E-state index contributed by atoms with van der Waals surface area (Å²) in [6.45, 7) is 5.28. The molecule has 0 rings (SSSR count). The molecule has 0 radical (unpaired) electrons. The van der Waals surface area contributed by atoms with Gasteiger partial charge in [-0.15, -0.1) is 0 Å². The van der Waals surface area contributed by atoms with Gasteiger partial charge in [0.05, 0.1) is 0 Å². The molecule has 0 aliphatic rings. The summed E-state index contributed by atoms with van der Waals surface area (Å²) in [7, 11) is 0. The summed E-state index contributed by atoms with van der Waals surface area (Å²) in [6.07, 6.45) is 7.34. The molecule has 0 aromatic rings. The first-order valence-corrected chi connectivity index (χ1v) is 6.97. The average Bonchev–Trinajstić information content (AvgIpc) is 2.25. The fraction of sp³-hybridized carbons (Fsp3) is 0.800. The molecule has 3 heteroatoms. The van der Waals surface area contributed by atoms with Gasteiger partial charge in [-0.1, -0.05) is 45.4 Å². The number of hydrogen-bond acceptors (Lipinski definition) is 1. The lowest BCUT2D eigenvalue weighted by Gasteiger charge is -2.17. The van der Waals surface area contributed by atoms with Gasteiger partial charge in [-0.05, 0) is 26.3 Å². The van der Waals surface area contributed by atoms with E-state index in [2.05, 4.69) is 6.92 Å². The minimum absolute atomic E-state index is 0.0936. The second-order valence-electron chi connectivity index (χ2n) is 5.45. The van der Waals surface area contributed by atoms with Gasteiger partial charge in [0.25, 0.3) is 6.08 Å². The Balaban J connectivity index is 3.74. The lowest BCUT2D eigenvalue weighted by atomic mass is 9.85. The highest BCUT2D eigenvalue weighted by Gasteiger charge is 2.25. The van der Waals surface area contributed by atoms with Crippen LogP contribution in [-0.4, -0.2) is 5.78 Å². The molecule has 0 fully saturated rings. The van der Waals surface area contributed by atoms with Gasteiger partial charge in [0.1, 0.15) is 5.78 Å². The van der Waals surface area contributed by atoms with Crippen LogP contribution in [0.4, 0.5) is 8.78 Å². The van der Waals surface area contributed by atoms with Crippen molar-refractivity contribution in [3.8, 4) is 0 Å². The Bertz CT molecular complexity index is 266. The summed E-state index contributed by atoms with van der Waals surface area (Å²) in [5.74, 6) is -0.0936. The maximum absolute atomic E-state index is 12.2. The highest BCUT2D eigenvalue weighted by atomic mass is 19.3. The van der Waals surface area contributed by atoms with Gasteiger partial charge in [0.2, 0.25) is 0 Å². The molecule has 0 aliphatic heterocycles. The number of unbranched alkanes of at least 4 members (excludes halogenated alkanes) is 6. The van der Waals surface area contributed by atoms with Crippen molar-refractivity contribution in [2.45, 2.75) is 72.1 Å². The molecule has 106 valence electrons. The number of halogens is 2. The smallest absolute Gasteiger partial charge is 0.267 e. The fourth-order valence-corrected chi connectivity index (χ4v) is 1.92. The Morgan fingerprint density at radius 2 is 1.50 bits per heavy atom. The van der Waals surface area contributed by atoms with E-state index in [4.69, 9.17) is 0 Å².